The van der Waals surface area contributed by atoms with Crippen LogP contribution in [-0.4, -0.2) is 23.3 Å². The second-order valence-electron chi connectivity index (χ2n) is 6.76. The fourth-order valence-corrected chi connectivity index (χ4v) is 5.51. The molecule has 0 saturated carbocycles. The lowest BCUT2D eigenvalue weighted by atomic mass is 10.1. The Hall–Kier alpha value is -2.46. The first-order valence-corrected chi connectivity index (χ1v) is 12.2. The number of halogens is 1. The third-order valence-corrected chi connectivity index (χ3v) is 7.26. The first kappa shape index (κ1) is 22.7. The number of amides is 1. The predicted molar refractivity (Wildman–Crippen MR) is 137 cm³/mol. The van der Waals surface area contributed by atoms with Crippen molar-refractivity contribution in [1.82, 2.24) is 0 Å². The summed E-state index contributed by atoms with van der Waals surface area (Å²) in [5.41, 5.74) is 2.49. The van der Waals surface area contributed by atoms with Crippen LogP contribution in [-0.2, 0) is 4.79 Å². The Morgan fingerprint density at radius 1 is 1.19 bits per heavy atom. The van der Waals surface area contributed by atoms with Gasteiger partial charge in [0.2, 0.25) is 0 Å². The maximum absolute atomic E-state index is 13.1. The molecule has 2 heterocycles. The third-order valence-electron chi connectivity index (χ3n) is 4.52. The molecule has 0 radical (unpaired) electrons. The minimum Gasteiger partial charge on any atom is -0.493 e. The van der Waals surface area contributed by atoms with E-state index < -0.39 is 5.97 Å². The molecule has 2 aromatic carbocycles. The van der Waals surface area contributed by atoms with Gasteiger partial charge in [0.15, 0.2) is 15.8 Å². The molecule has 3 aromatic rings. The molecular formula is C23H16BrNO4S3. The fourth-order valence-electron chi connectivity index (χ4n) is 3.07. The van der Waals surface area contributed by atoms with Crippen molar-refractivity contribution in [3.05, 3.63) is 79.3 Å². The van der Waals surface area contributed by atoms with E-state index in [1.807, 2.05) is 31.2 Å². The van der Waals surface area contributed by atoms with Crippen LogP contribution < -0.4 is 14.4 Å². The number of thioether (sulfide) groups is 1. The van der Waals surface area contributed by atoms with Gasteiger partial charge in [-0.2, -0.15) is 0 Å². The average molecular weight is 546 g/mol. The molecule has 162 valence electrons. The summed E-state index contributed by atoms with van der Waals surface area (Å²) in [6.07, 6.45) is 1.74. The topological polar surface area (TPSA) is 55.8 Å². The lowest BCUT2D eigenvalue weighted by Gasteiger charge is -2.15. The van der Waals surface area contributed by atoms with Gasteiger partial charge in [-0.1, -0.05) is 42.2 Å². The lowest BCUT2D eigenvalue weighted by Crippen LogP contribution is -2.27. The summed E-state index contributed by atoms with van der Waals surface area (Å²) in [4.78, 5) is 27.9. The molecule has 0 aliphatic carbocycles. The van der Waals surface area contributed by atoms with Crippen LogP contribution in [0.15, 0.2) is 63.3 Å². The van der Waals surface area contributed by atoms with E-state index in [1.54, 1.807) is 35.7 Å². The molecule has 0 atom stereocenters. The van der Waals surface area contributed by atoms with Crippen LogP contribution in [0.25, 0.3) is 6.08 Å². The number of hydrogen-bond acceptors (Lipinski definition) is 7. The molecule has 1 aliphatic rings. The number of methoxy groups -OCH3 is 1. The molecule has 0 bridgehead atoms. The van der Waals surface area contributed by atoms with Crippen LogP contribution in [0.2, 0.25) is 0 Å². The molecule has 1 aromatic heterocycles. The van der Waals surface area contributed by atoms with Crippen molar-refractivity contribution in [3.8, 4) is 11.5 Å². The molecule has 1 fully saturated rings. The van der Waals surface area contributed by atoms with Gasteiger partial charge in [-0.15, -0.1) is 11.3 Å². The number of anilines is 1. The number of nitrogens with zero attached hydrogens (tertiary/aromatic N) is 1. The molecule has 0 unspecified atom stereocenters. The average Bonchev–Trinajstić information content (AvgIpc) is 3.38. The highest BCUT2D eigenvalue weighted by Gasteiger charge is 2.33. The van der Waals surface area contributed by atoms with E-state index in [0.29, 0.717) is 29.9 Å². The molecule has 0 N–H and O–H groups in total. The Morgan fingerprint density at radius 3 is 2.69 bits per heavy atom. The van der Waals surface area contributed by atoms with Crippen LogP contribution in [0.4, 0.5) is 5.69 Å². The zero-order valence-corrected chi connectivity index (χ0v) is 21.0. The number of hydrogen-bond donors (Lipinski definition) is 0. The summed E-state index contributed by atoms with van der Waals surface area (Å²) in [5.74, 6) is -0.0141. The number of ether oxygens (including phenoxy) is 2. The Bertz CT molecular complexity index is 1250. The van der Waals surface area contributed by atoms with E-state index in [1.165, 1.54) is 35.1 Å². The molecular weight excluding hydrogens is 530 g/mol. The Balaban J connectivity index is 1.63. The van der Waals surface area contributed by atoms with Gasteiger partial charge in [-0.3, -0.25) is 9.69 Å². The highest BCUT2D eigenvalue weighted by atomic mass is 79.9. The first-order chi connectivity index (χ1) is 15.4. The van der Waals surface area contributed by atoms with Crippen LogP contribution in [0.1, 0.15) is 20.8 Å². The van der Waals surface area contributed by atoms with Gasteiger partial charge in [0.25, 0.3) is 5.91 Å². The van der Waals surface area contributed by atoms with Crippen molar-refractivity contribution in [3.63, 3.8) is 0 Å². The second-order valence-corrected chi connectivity index (χ2v) is 10.2. The molecule has 32 heavy (non-hydrogen) atoms. The van der Waals surface area contributed by atoms with E-state index in [0.717, 1.165) is 11.3 Å². The SMILES string of the molecule is COc1cc(/C=C2/SC(=S)N(c3cccc(C)c3)C2=O)cc(Br)c1OC(=O)c1cccs1. The molecule has 9 heteroatoms. The van der Waals surface area contributed by atoms with Gasteiger partial charge < -0.3 is 9.47 Å². The number of esters is 1. The summed E-state index contributed by atoms with van der Waals surface area (Å²) >= 11 is 11.4. The molecule has 1 saturated heterocycles. The zero-order chi connectivity index (χ0) is 22.8. The highest BCUT2D eigenvalue weighted by molar-refractivity contribution is 9.10. The predicted octanol–water partition coefficient (Wildman–Crippen LogP) is 6.45. The standard InChI is InChI=1S/C23H16BrNO4S3/c1-13-5-3-6-15(9-13)25-21(26)19(32-23(25)30)12-14-10-16(24)20(17(11-14)28-2)29-22(27)18-7-4-8-31-18/h3-12H,1-2H3/b19-12+. The zero-order valence-electron chi connectivity index (χ0n) is 17.0. The molecule has 5 nitrogen and oxygen atoms in total. The fraction of sp³-hybridized carbons (Fsp3) is 0.0870. The Labute approximate surface area is 207 Å². The van der Waals surface area contributed by atoms with Gasteiger partial charge in [0.05, 0.1) is 22.2 Å². The van der Waals surface area contributed by atoms with E-state index >= 15 is 0 Å². The van der Waals surface area contributed by atoms with Crippen molar-refractivity contribution in [1.29, 1.82) is 0 Å². The van der Waals surface area contributed by atoms with Crippen LogP contribution in [0.3, 0.4) is 0 Å². The smallest absolute Gasteiger partial charge is 0.353 e. The van der Waals surface area contributed by atoms with E-state index in [4.69, 9.17) is 21.7 Å². The second kappa shape index (κ2) is 9.58. The van der Waals surface area contributed by atoms with Crippen LogP contribution in [0, 0.1) is 6.92 Å². The lowest BCUT2D eigenvalue weighted by molar-refractivity contribution is -0.113. The monoisotopic (exact) mass is 545 g/mol. The van der Waals surface area contributed by atoms with E-state index in [-0.39, 0.29) is 11.7 Å². The minimum absolute atomic E-state index is 0.186. The first-order valence-electron chi connectivity index (χ1n) is 9.35. The maximum Gasteiger partial charge on any atom is 0.353 e. The Kier molecular flexibility index (Phi) is 6.80. The summed E-state index contributed by atoms with van der Waals surface area (Å²) in [5, 5.41) is 1.80. The van der Waals surface area contributed by atoms with Crippen molar-refractivity contribution < 1.29 is 19.1 Å². The minimum atomic E-state index is -0.467. The molecule has 1 aliphatic heterocycles. The highest BCUT2D eigenvalue weighted by Crippen LogP contribution is 2.40. The van der Waals surface area contributed by atoms with E-state index in [9.17, 15) is 9.59 Å². The van der Waals surface area contributed by atoms with Crippen molar-refractivity contribution in [2.75, 3.05) is 12.0 Å². The quantitative estimate of drug-likeness (QED) is 0.159. The van der Waals surface area contributed by atoms with E-state index in [2.05, 4.69) is 15.9 Å². The number of thiocarbonyl (C=S) groups is 1. The van der Waals surface area contributed by atoms with Crippen LogP contribution in [0.5, 0.6) is 11.5 Å². The summed E-state index contributed by atoms with van der Waals surface area (Å²) < 4.78 is 12.0. The van der Waals surface area contributed by atoms with Crippen molar-refractivity contribution in [2.45, 2.75) is 6.92 Å². The number of aryl methyl sites for hydroxylation is 1. The summed E-state index contributed by atoms with van der Waals surface area (Å²) in [6, 6.07) is 14.6. The summed E-state index contributed by atoms with van der Waals surface area (Å²) in [7, 11) is 1.49. The molecule has 1 amide bonds. The Morgan fingerprint density at radius 2 is 2.00 bits per heavy atom. The number of benzene rings is 2. The van der Waals surface area contributed by atoms with Gasteiger partial charge >= 0.3 is 5.97 Å². The number of thiophene rings is 1. The maximum atomic E-state index is 13.1. The normalized spacial score (nSPS) is 14.8. The van der Waals surface area contributed by atoms with Gasteiger partial charge in [0.1, 0.15) is 4.88 Å². The third kappa shape index (κ3) is 4.66. The van der Waals surface area contributed by atoms with Crippen molar-refractivity contribution in [2.24, 2.45) is 0 Å². The largest absolute Gasteiger partial charge is 0.493 e. The van der Waals surface area contributed by atoms with Gasteiger partial charge in [-0.25, -0.2) is 4.79 Å². The van der Waals surface area contributed by atoms with Gasteiger partial charge in [0, 0.05) is 0 Å². The summed E-state index contributed by atoms with van der Waals surface area (Å²) in [6.45, 7) is 1.97. The number of rotatable bonds is 5. The van der Waals surface area contributed by atoms with Crippen molar-refractivity contribution >= 4 is 79.2 Å². The molecule has 4 rings (SSSR count). The van der Waals surface area contributed by atoms with Crippen LogP contribution >= 0.6 is 51.2 Å². The number of carbonyl (C=O) groups excluding carboxylic acids is 2. The van der Waals surface area contributed by atoms with Gasteiger partial charge in [-0.05, 0) is 75.8 Å². The number of carbonyl (C=O) groups is 2. The molecule has 0 spiro atoms.